The van der Waals surface area contributed by atoms with Gasteiger partial charge in [-0.1, -0.05) is 18.2 Å². The van der Waals surface area contributed by atoms with E-state index in [-0.39, 0.29) is 30.7 Å². The van der Waals surface area contributed by atoms with Gasteiger partial charge in [-0.05, 0) is 55.3 Å². The number of aromatic nitrogens is 1. The number of amides is 1. The Morgan fingerprint density at radius 2 is 1.70 bits per heavy atom. The van der Waals surface area contributed by atoms with Crippen molar-refractivity contribution in [3.63, 3.8) is 0 Å². The lowest BCUT2D eigenvalue weighted by Crippen LogP contribution is -2.25. The Balaban J connectivity index is 1.51. The molecule has 3 aromatic carbocycles. The SMILES string of the molecule is O=C(NC1CC1)c1ccc2c(c1)cc(COc1ccccc1)n2Cc1cc(F)c(F)cc1F. The van der Waals surface area contributed by atoms with E-state index >= 15 is 0 Å². The summed E-state index contributed by atoms with van der Waals surface area (Å²) < 4.78 is 49.3. The molecule has 0 saturated heterocycles. The van der Waals surface area contributed by atoms with Crippen LogP contribution in [0.5, 0.6) is 5.75 Å². The van der Waals surface area contributed by atoms with Gasteiger partial charge in [0.2, 0.25) is 0 Å². The molecule has 0 aliphatic heterocycles. The van der Waals surface area contributed by atoms with Gasteiger partial charge in [-0.25, -0.2) is 13.2 Å². The lowest BCUT2D eigenvalue weighted by molar-refractivity contribution is 0.0951. The van der Waals surface area contributed by atoms with Crippen molar-refractivity contribution < 1.29 is 22.7 Å². The van der Waals surface area contributed by atoms with Crippen molar-refractivity contribution in [1.29, 1.82) is 0 Å². The normalized spacial score (nSPS) is 13.3. The molecule has 4 aromatic rings. The number of carbonyl (C=O) groups excluding carboxylic acids is 1. The van der Waals surface area contributed by atoms with Crippen LogP contribution < -0.4 is 10.1 Å². The van der Waals surface area contributed by atoms with Crippen LogP contribution in [0.3, 0.4) is 0 Å². The van der Waals surface area contributed by atoms with E-state index in [0.717, 1.165) is 29.8 Å². The van der Waals surface area contributed by atoms with E-state index in [1.807, 2.05) is 36.4 Å². The van der Waals surface area contributed by atoms with Crippen molar-refractivity contribution in [2.45, 2.75) is 32.0 Å². The Morgan fingerprint density at radius 1 is 0.939 bits per heavy atom. The minimum atomic E-state index is -1.23. The van der Waals surface area contributed by atoms with Gasteiger partial charge in [0.15, 0.2) is 11.6 Å². The van der Waals surface area contributed by atoms with Crippen molar-refractivity contribution in [2.24, 2.45) is 0 Å². The minimum absolute atomic E-state index is 0.0166. The largest absolute Gasteiger partial charge is 0.487 e. The first-order chi connectivity index (χ1) is 16.0. The summed E-state index contributed by atoms with van der Waals surface area (Å²) in [5.74, 6) is -2.64. The fourth-order valence-corrected chi connectivity index (χ4v) is 3.80. The molecule has 7 heteroatoms. The number of halogens is 3. The molecular weight excluding hydrogens is 429 g/mol. The number of carbonyl (C=O) groups is 1. The Morgan fingerprint density at radius 3 is 2.45 bits per heavy atom. The third-order valence-corrected chi connectivity index (χ3v) is 5.71. The fraction of sp³-hybridized carbons (Fsp3) is 0.192. The van der Waals surface area contributed by atoms with Crippen LogP contribution >= 0.6 is 0 Å². The van der Waals surface area contributed by atoms with Crippen LogP contribution in [0.15, 0.2) is 66.7 Å². The second-order valence-corrected chi connectivity index (χ2v) is 8.20. The van der Waals surface area contributed by atoms with E-state index < -0.39 is 17.5 Å². The smallest absolute Gasteiger partial charge is 0.251 e. The number of hydrogen-bond acceptors (Lipinski definition) is 2. The van der Waals surface area contributed by atoms with E-state index in [4.69, 9.17) is 4.74 Å². The topological polar surface area (TPSA) is 43.3 Å². The average molecular weight is 450 g/mol. The van der Waals surface area contributed by atoms with Gasteiger partial charge in [-0.2, -0.15) is 0 Å². The number of nitrogens with zero attached hydrogens (tertiary/aromatic N) is 1. The molecule has 0 atom stereocenters. The predicted molar refractivity (Wildman–Crippen MR) is 119 cm³/mol. The molecule has 0 unspecified atom stereocenters. The summed E-state index contributed by atoms with van der Waals surface area (Å²) in [5, 5.41) is 3.74. The monoisotopic (exact) mass is 450 g/mol. The van der Waals surface area contributed by atoms with Gasteiger partial charge in [-0.15, -0.1) is 0 Å². The molecule has 0 radical (unpaired) electrons. The van der Waals surface area contributed by atoms with Gasteiger partial charge in [0.1, 0.15) is 18.2 Å². The van der Waals surface area contributed by atoms with Crippen LogP contribution in [0.1, 0.15) is 34.5 Å². The number of nitrogens with one attached hydrogen (secondary N) is 1. The molecule has 1 aromatic heterocycles. The predicted octanol–water partition coefficient (Wildman–Crippen LogP) is 5.58. The number of rotatable bonds is 7. The Labute approximate surface area is 188 Å². The zero-order valence-electron chi connectivity index (χ0n) is 17.7. The summed E-state index contributed by atoms with van der Waals surface area (Å²) in [6.07, 6.45) is 1.98. The maximum atomic E-state index is 14.4. The number of benzene rings is 3. The maximum absolute atomic E-state index is 14.4. The van der Waals surface area contributed by atoms with Gasteiger partial charge < -0.3 is 14.6 Å². The molecule has 0 bridgehead atoms. The molecule has 168 valence electrons. The number of hydrogen-bond donors (Lipinski definition) is 1. The fourth-order valence-electron chi connectivity index (χ4n) is 3.80. The maximum Gasteiger partial charge on any atom is 0.251 e. The van der Waals surface area contributed by atoms with Crippen LogP contribution in [0.2, 0.25) is 0 Å². The van der Waals surface area contributed by atoms with Crippen LogP contribution in [-0.2, 0) is 13.2 Å². The average Bonchev–Trinajstić information content (AvgIpc) is 3.56. The zero-order valence-corrected chi connectivity index (χ0v) is 17.7. The molecule has 1 saturated carbocycles. The van der Waals surface area contributed by atoms with E-state index in [2.05, 4.69) is 5.32 Å². The molecule has 1 amide bonds. The van der Waals surface area contributed by atoms with Gasteiger partial charge >= 0.3 is 0 Å². The third-order valence-electron chi connectivity index (χ3n) is 5.71. The zero-order chi connectivity index (χ0) is 22.9. The summed E-state index contributed by atoms with van der Waals surface area (Å²) >= 11 is 0. The molecular formula is C26H21F3N2O2. The molecule has 5 rings (SSSR count). The first kappa shape index (κ1) is 21.1. The molecule has 0 spiro atoms. The molecule has 33 heavy (non-hydrogen) atoms. The van der Waals surface area contributed by atoms with E-state index in [0.29, 0.717) is 23.1 Å². The van der Waals surface area contributed by atoms with Crippen LogP contribution in [0.4, 0.5) is 13.2 Å². The van der Waals surface area contributed by atoms with Crippen molar-refractivity contribution >= 4 is 16.8 Å². The summed E-state index contributed by atoms with van der Waals surface area (Å²) in [5.41, 5.74) is 1.98. The van der Waals surface area contributed by atoms with E-state index in [9.17, 15) is 18.0 Å². The Kier molecular flexibility index (Phi) is 5.54. The number of ether oxygens (including phenoxy) is 1. The highest BCUT2D eigenvalue weighted by atomic mass is 19.2. The van der Waals surface area contributed by atoms with Crippen molar-refractivity contribution in [2.75, 3.05) is 0 Å². The first-order valence-electron chi connectivity index (χ1n) is 10.7. The second-order valence-electron chi connectivity index (χ2n) is 8.20. The standard InChI is InChI=1S/C26H21F3N2O2/c27-22-13-24(29)23(28)12-18(22)14-31-20(15-33-21-4-2-1-3-5-21)11-17-10-16(6-9-25(17)31)26(32)30-19-7-8-19/h1-6,9-13,19H,7-8,14-15H2,(H,30,32). The van der Waals surface area contributed by atoms with Gasteiger partial charge in [0.05, 0.1) is 12.2 Å². The van der Waals surface area contributed by atoms with E-state index in [1.165, 1.54) is 0 Å². The molecule has 1 heterocycles. The lowest BCUT2D eigenvalue weighted by Gasteiger charge is -2.13. The summed E-state index contributed by atoms with van der Waals surface area (Å²) in [4.78, 5) is 12.5. The van der Waals surface area contributed by atoms with Gasteiger partial charge in [0.25, 0.3) is 5.91 Å². The lowest BCUT2D eigenvalue weighted by atomic mass is 10.1. The van der Waals surface area contributed by atoms with Crippen LogP contribution in [0, 0.1) is 17.5 Å². The summed E-state index contributed by atoms with van der Waals surface area (Å²) in [6.45, 7) is 0.154. The van der Waals surface area contributed by atoms with Crippen LogP contribution in [-0.4, -0.2) is 16.5 Å². The highest BCUT2D eigenvalue weighted by Crippen LogP contribution is 2.26. The second kappa shape index (κ2) is 8.65. The third kappa shape index (κ3) is 4.58. The minimum Gasteiger partial charge on any atom is -0.487 e. The van der Waals surface area contributed by atoms with Crippen molar-refractivity contribution in [1.82, 2.24) is 9.88 Å². The van der Waals surface area contributed by atoms with Gasteiger partial charge in [0, 0.05) is 34.1 Å². The number of para-hydroxylation sites is 1. The number of fused-ring (bicyclic) bond motifs is 1. The molecule has 4 nitrogen and oxygen atoms in total. The molecule has 1 N–H and O–H groups in total. The highest BCUT2D eigenvalue weighted by molar-refractivity contribution is 5.98. The highest BCUT2D eigenvalue weighted by Gasteiger charge is 2.24. The molecule has 1 fully saturated rings. The molecule has 1 aliphatic carbocycles. The molecule has 1 aliphatic rings. The van der Waals surface area contributed by atoms with Crippen molar-refractivity contribution in [3.05, 3.63) is 101 Å². The van der Waals surface area contributed by atoms with Crippen LogP contribution in [0.25, 0.3) is 10.9 Å². The Hall–Kier alpha value is -3.74. The van der Waals surface area contributed by atoms with Crippen molar-refractivity contribution in [3.8, 4) is 5.75 Å². The van der Waals surface area contributed by atoms with E-state index in [1.54, 1.807) is 22.8 Å². The Bertz CT molecular complexity index is 1330. The first-order valence-corrected chi connectivity index (χ1v) is 10.7. The van der Waals surface area contributed by atoms with Gasteiger partial charge in [-0.3, -0.25) is 4.79 Å². The summed E-state index contributed by atoms with van der Waals surface area (Å²) in [7, 11) is 0. The summed E-state index contributed by atoms with van der Waals surface area (Å²) in [6, 6.07) is 18.0. The quantitative estimate of drug-likeness (QED) is 0.374.